The van der Waals surface area contributed by atoms with Gasteiger partial charge in [-0.25, -0.2) is 4.39 Å². The van der Waals surface area contributed by atoms with Crippen molar-refractivity contribution in [1.82, 2.24) is 0 Å². The van der Waals surface area contributed by atoms with E-state index in [1.54, 1.807) is 6.07 Å². The summed E-state index contributed by atoms with van der Waals surface area (Å²) in [6.45, 7) is 6.04. The van der Waals surface area contributed by atoms with Crippen molar-refractivity contribution in [2.45, 2.75) is 45.8 Å². The first-order valence-corrected chi connectivity index (χ1v) is 6.11. The summed E-state index contributed by atoms with van der Waals surface area (Å²) in [6.07, 6.45) is 1.05. The van der Waals surface area contributed by atoms with Gasteiger partial charge in [0.2, 0.25) is 0 Å². The Morgan fingerprint density at radius 1 is 1.29 bits per heavy atom. The van der Waals surface area contributed by atoms with E-state index in [9.17, 15) is 9.50 Å². The summed E-state index contributed by atoms with van der Waals surface area (Å²) in [4.78, 5) is 0. The Balaban J connectivity index is 2.71. The smallest absolute Gasteiger partial charge is 0.123 e. The number of hydrogen-bond acceptors (Lipinski definition) is 2. The van der Waals surface area contributed by atoms with E-state index in [-0.39, 0.29) is 5.82 Å². The molecule has 0 unspecified atom stereocenters. The number of aliphatic hydroxyl groups is 1. The molecule has 2 atom stereocenters. The molecule has 0 amide bonds. The maximum atomic E-state index is 13.0. The van der Waals surface area contributed by atoms with E-state index in [2.05, 4.69) is 13.8 Å². The molecule has 17 heavy (non-hydrogen) atoms. The lowest BCUT2D eigenvalue weighted by Crippen LogP contribution is -2.27. The highest BCUT2D eigenvalue weighted by Gasteiger charge is 2.18. The number of benzene rings is 1. The van der Waals surface area contributed by atoms with Crippen molar-refractivity contribution in [3.8, 4) is 0 Å². The Labute approximate surface area is 103 Å². The van der Waals surface area contributed by atoms with Crippen LogP contribution >= 0.6 is 0 Å². The molecule has 0 heterocycles. The molecule has 1 rings (SSSR count). The van der Waals surface area contributed by atoms with Crippen LogP contribution in [0.4, 0.5) is 4.39 Å². The Bertz CT molecular complexity index is 365. The molecule has 0 bridgehead atoms. The maximum absolute atomic E-state index is 13.0. The van der Waals surface area contributed by atoms with Crippen molar-refractivity contribution >= 4 is 0 Å². The first-order valence-electron chi connectivity index (χ1n) is 6.11. The van der Waals surface area contributed by atoms with Crippen LogP contribution < -0.4 is 5.73 Å². The Morgan fingerprint density at radius 2 is 1.94 bits per heavy atom. The second-order valence-corrected chi connectivity index (χ2v) is 5.07. The van der Waals surface area contributed by atoms with Crippen LogP contribution in [0.25, 0.3) is 0 Å². The third-order valence-electron chi connectivity index (χ3n) is 3.05. The van der Waals surface area contributed by atoms with E-state index in [0.29, 0.717) is 12.3 Å². The highest BCUT2D eigenvalue weighted by atomic mass is 19.1. The van der Waals surface area contributed by atoms with Crippen LogP contribution in [0.3, 0.4) is 0 Å². The van der Waals surface area contributed by atoms with Crippen LogP contribution in [0.5, 0.6) is 0 Å². The fourth-order valence-corrected chi connectivity index (χ4v) is 1.90. The molecule has 96 valence electrons. The molecule has 2 nitrogen and oxygen atoms in total. The van der Waals surface area contributed by atoms with Gasteiger partial charge in [-0.15, -0.1) is 0 Å². The molecule has 0 fully saturated rings. The Hall–Kier alpha value is -0.930. The number of rotatable bonds is 5. The molecule has 3 heteroatoms. The minimum absolute atomic E-state index is 0.268. The van der Waals surface area contributed by atoms with E-state index >= 15 is 0 Å². The van der Waals surface area contributed by atoms with Crippen LogP contribution in [0, 0.1) is 18.7 Å². The van der Waals surface area contributed by atoms with E-state index in [1.807, 2.05) is 6.92 Å². The first kappa shape index (κ1) is 14.1. The molecule has 0 aliphatic rings. The van der Waals surface area contributed by atoms with Crippen LogP contribution in [-0.2, 0) is 0 Å². The van der Waals surface area contributed by atoms with Gasteiger partial charge < -0.3 is 10.8 Å². The van der Waals surface area contributed by atoms with Gasteiger partial charge in [-0.05, 0) is 48.9 Å². The third-order valence-corrected chi connectivity index (χ3v) is 3.05. The highest BCUT2D eigenvalue weighted by Crippen LogP contribution is 2.22. The van der Waals surface area contributed by atoms with Gasteiger partial charge in [0.15, 0.2) is 0 Å². The average Bonchev–Trinajstić information content (AvgIpc) is 2.25. The van der Waals surface area contributed by atoms with Crippen LogP contribution in [-0.4, -0.2) is 11.2 Å². The largest absolute Gasteiger partial charge is 0.391 e. The number of halogens is 1. The fraction of sp³-hybridized carbons (Fsp3) is 0.571. The van der Waals surface area contributed by atoms with Crippen molar-refractivity contribution in [3.63, 3.8) is 0 Å². The minimum atomic E-state index is -0.568. The van der Waals surface area contributed by atoms with E-state index < -0.39 is 12.1 Å². The predicted molar refractivity (Wildman–Crippen MR) is 68.1 cm³/mol. The molecule has 1 aromatic rings. The van der Waals surface area contributed by atoms with Crippen LogP contribution in [0.2, 0.25) is 0 Å². The lowest BCUT2D eigenvalue weighted by atomic mass is 9.93. The third kappa shape index (κ3) is 4.10. The molecular weight excluding hydrogens is 217 g/mol. The molecule has 3 N–H and O–H groups in total. The fourth-order valence-electron chi connectivity index (χ4n) is 1.90. The summed E-state index contributed by atoms with van der Waals surface area (Å²) in [7, 11) is 0. The quantitative estimate of drug-likeness (QED) is 0.830. The number of hydrogen-bond donors (Lipinski definition) is 2. The summed E-state index contributed by atoms with van der Waals surface area (Å²) >= 11 is 0. The summed E-state index contributed by atoms with van der Waals surface area (Å²) in [6, 6.07) is 4.06. The monoisotopic (exact) mass is 239 g/mol. The number of aryl methyl sites for hydroxylation is 1. The molecule has 0 aromatic heterocycles. The average molecular weight is 239 g/mol. The first-order chi connectivity index (χ1) is 7.91. The van der Waals surface area contributed by atoms with Gasteiger partial charge in [0, 0.05) is 0 Å². The Kier molecular flexibility index (Phi) is 5.09. The van der Waals surface area contributed by atoms with Crippen molar-refractivity contribution in [2.75, 3.05) is 0 Å². The van der Waals surface area contributed by atoms with Gasteiger partial charge in [0.25, 0.3) is 0 Å². The summed E-state index contributed by atoms with van der Waals surface area (Å²) in [5.41, 5.74) is 7.62. The second-order valence-electron chi connectivity index (χ2n) is 5.07. The van der Waals surface area contributed by atoms with Gasteiger partial charge in [-0.1, -0.05) is 19.9 Å². The van der Waals surface area contributed by atoms with Crippen molar-refractivity contribution in [3.05, 3.63) is 35.1 Å². The van der Waals surface area contributed by atoms with E-state index in [1.165, 1.54) is 12.1 Å². The zero-order valence-corrected chi connectivity index (χ0v) is 10.8. The van der Waals surface area contributed by atoms with Gasteiger partial charge in [-0.2, -0.15) is 0 Å². The van der Waals surface area contributed by atoms with Crippen LogP contribution in [0.15, 0.2) is 18.2 Å². The molecule has 0 spiro atoms. The molecule has 1 aromatic carbocycles. The molecule has 0 aliphatic carbocycles. The van der Waals surface area contributed by atoms with Crippen molar-refractivity contribution in [1.29, 1.82) is 0 Å². The van der Waals surface area contributed by atoms with Gasteiger partial charge in [-0.3, -0.25) is 0 Å². The zero-order valence-electron chi connectivity index (χ0n) is 10.8. The van der Waals surface area contributed by atoms with Gasteiger partial charge in [0.05, 0.1) is 12.1 Å². The standard InChI is InChI=1S/C14H22FNO/c1-9(2)4-7-13(17)14(16)12-6-5-11(15)8-10(12)3/h5-6,8-9,13-14,17H,4,7,16H2,1-3H3/t13-,14+/m1/s1. The Morgan fingerprint density at radius 3 is 2.47 bits per heavy atom. The van der Waals surface area contributed by atoms with Crippen molar-refractivity contribution in [2.24, 2.45) is 11.7 Å². The predicted octanol–water partition coefficient (Wildman–Crippen LogP) is 2.93. The second kappa shape index (κ2) is 6.12. The number of nitrogens with two attached hydrogens (primary N) is 1. The minimum Gasteiger partial charge on any atom is -0.391 e. The lowest BCUT2D eigenvalue weighted by molar-refractivity contribution is 0.128. The maximum Gasteiger partial charge on any atom is 0.123 e. The molecule has 0 aliphatic heterocycles. The summed E-state index contributed by atoms with van der Waals surface area (Å²) in [5.74, 6) is 0.279. The molecular formula is C14H22FNO. The van der Waals surface area contributed by atoms with E-state index in [4.69, 9.17) is 5.73 Å². The van der Waals surface area contributed by atoms with Gasteiger partial charge >= 0.3 is 0 Å². The molecule has 0 radical (unpaired) electrons. The lowest BCUT2D eigenvalue weighted by Gasteiger charge is -2.21. The zero-order chi connectivity index (χ0) is 13.0. The van der Waals surface area contributed by atoms with Gasteiger partial charge in [0.1, 0.15) is 5.82 Å². The van der Waals surface area contributed by atoms with E-state index in [0.717, 1.165) is 17.5 Å². The molecule has 0 saturated carbocycles. The molecule has 0 saturated heterocycles. The summed E-state index contributed by atoms with van der Waals surface area (Å²) < 4.78 is 13.0. The van der Waals surface area contributed by atoms with Crippen LogP contribution in [0.1, 0.15) is 43.9 Å². The summed E-state index contributed by atoms with van der Waals surface area (Å²) in [5, 5.41) is 10.00. The topological polar surface area (TPSA) is 46.2 Å². The SMILES string of the molecule is Cc1cc(F)ccc1[C@H](N)[C@H](O)CCC(C)C. The normalized spacial score (nSPS) is 15.0. The number of aliphatic hydroxyl groups excluding tert-OH is 1. The highest BCUT2D eigenvalue weighted by molar-refractivity contribution is 5.29. The van der Waals surface area contributed by atoms with Crippen molar-refractivity contribution < 1.29 is 9.50 Å².